The fourth-order valence-corrected chi connectivity index (χ4v) is 8.37. The van der Waals surface area contributed by atoms with Gasteiger partial charge in [0.15, 0.2) is 0 Å². The molecule has 0 amide bonds. The minimum atomic E-state index is 0.884. The van der Waals surface area contributed by atoms with Crippen molar-refractivity contribution in [3.8, 4) is 27.9 Å². The molecule has 2 heterocycles. The number of furan rings is 1. The summed E-state index contributed by atoms with van der Waals surface area (Å²) in [6.07, 6.45) is 0. The Balaban J connectivity index is 1.08. The molecule has 9 aromatic carbocycles. The summed E-state index contributed by atoms with van der Waals surface area (Å²) in [5.41, 5.74) is 13.3. The smallest absolute Gasteiger partial charge is 0.135 e. The Bertz CT molecular complexity index is 3200. The van der Waals surface area contributed by atoms with E-state index in [0.717, 1.165) is 55.8 Å². The minimum Gasteiger partial charge on any atom is -0.456 e. The fraction of sp³-hybridized carbons (Fsp3) is 0. The van der Waals surface area contributed by atoms with Gasteiger partial charge in [0.25, 0.3) is 0 Å². The molecule has 258 valence electrons. The second kappa shape index (κ2) is 12.6. The summed E-state index contributed by atoms with van der Waals surface area (Å²) in [4.78, 5) is 2.39. The van der Waals surface area contributed by atoms with Gasteiger partial charge in [-0.2, -0.15) is 0 Å². The summed E-state index contributed by atoms with van der Waals surface area (Å²) in [5, 5.41) is 7.09. The maximum Gasteiger partial charge on any atom is 0.135 e. The normalized spacial score (nSPS) is 11.6. The molecule has 11 rings (SSSR count). The molecule has 3 nitrogen and oxygen atoms in total. The summed E-state index contributed by atoms with van der Waals surface area (Å²) in [7, 11) is 0. The van der Waals surface area contributed by atoms with Gasteiger partial charge >= 0.3 is 0 Å². The minimum absolute atomic E-state index is 0.884. The zero-order chi connectivity index (χ0) is 36.3. The lowest BCUT2D eigenvalue weighted by atomic mass is 10.0. The highest BCUT2D eigenvalue weighted by Crippen LogP contribution is 2.43. The molecule has 0 radical (unpaired) electrons. The van der Waals surface area contributed by atoms with E-state index < -0.39 is 0 Å². The highest BCUT2D eigenvalue weighted by atomic mass is 16.3. The van der Waals surface area contributed by atoms with Crippen molar-refractivity contribution < 1.29 is 4.42 Å². The predicted molar refractivity (Wildman–Crippen MR) is 231 cm³/mol. The van der Waals surface area contributed by atoms with Gasteiger partial charge in [-0.15, -0.1) is 0 Å². The molecule has 2 aromatic heterocycles. The number of fused-ring (bicyclic) bond motifs is 7. The van der Waals surface area contributed by atoms with Crippen LogP contribution < -0.4 is 4.90 Å². The average Bonchev–Trinajstić information content (AvgIpc) is 3.79. The van der Waals surface area contributed by atoms with Gasteiger partial charge in [0.1, 0.15) is 11.2 Å². The zero-order valence-electron chi connectivity index (χ0n) is 29.9. The Kier molecular flexibility index (Phi) is 7.17. The van der Waals surface area contributed by atoms with Gasteiger partial charge < -0.3 is 13.9 Å². The molecule has 0 saturated heterocycles. The van der Waals surface area contributed by atoms with Crippen molar-refractivity contribution in [1.29, 1.82) is 0 Å². The summed E-state index contributed by atoms with van der Waals surface area (Å²) in [5.74, 6) is 0. The van der Waals surface area contributed by atoms with E-state index in [1.165, 1.54) is 43.7 Å². The van der Waals surface area contributed by atoms with Gasteiger partial charge in [0, 0.05) is 44.0 Å². The molecule has 0 atom stereocenters. The third kappa shape index (κ3) is 5.20. The number of aromatic nitrogens is 1. The Morgan fingerprint density at radius 2 is 0.964 bits per heavy atom. The first-order valence-electron chi connectivity index (χ1n) is 18.8. The van der Waals surface area contributed by atoms with Crippen LogP contribution in [0.4, 0.5) is 17.1 Å². The van der Waals surface area contributed by atoms with Crippen molar-refractivity contribution in [3.05, 3.63) is 206 Å². The molecule has 0 fully saturated rings. The first kappa shape index (κ1) is 31.2. The zero-order valence-corrected chi connectivity index (χ0v) is 29.9. The van der Waals surface area contributed by atoms with Gasteiger partial charge in [-0.3, -0.25) is 0 Å². The molecule has 0 aliphatic carbocycles. The highest BCUT2D eigenvalue weighted by Gasteiger charge is 2.19. The standard InChI is InChI=1S/C52H34N2O/c1-2-12-35(13-3-1)36-24-27-40(28-25-36)54-49-21-8-6-19-44(49)45-30-26-39(33-50(45)54)38-16-10-17-41(32-38)53(48-22-11-15-37-14-4-5-18-43(37)48)42-29-31-52-47(34-42)46-20-7-9-23-51(46)55-52/h1-34H. The van der Waals surface area contributed by atoms with Crippen molar-refractivity contribution in [2.45, 2.75) is 0 Å². The Morgan fingerprint density at radius 1 is 0.345 bits per heavy atom. The van der Waals surface area contributed by atoms with Crippen LogP contribution in [0, 0.1) is 0 Å². The number of hydrogen-bond donors (Lipinski definition) is 0. The van der Waals surface area contributed by atoms with Gasteiger partial charge in [0.05, 0.1) is 16.7 Å². The van der Waals surface area contributed by atoms with E-state index in [0.29, 0.717) is 0 Å². The topological polar surface area (TPSA) is 21.3 Å². The summed E-state index contributed by atoms with van der Waals surface area (Å²) in [6.45, 7) is 0. The maximum absolute atomic E-state index is 6.25. The van der Waals surface area contributed by atoms with Crippen LogP contribution in [0.3, 0.4) is 0 Å². The first-order valence-corrected chi connectivity index (χ1v) is 18.8. The lowest BCUT2D eigenvalue weighted by Gasteiger charge is -2.27. The van der Waals surface area contributed by atoms with E-state index in [4.69, 9.17) is 4.42 Å². The van der Waals surface area contributed by atoms with Crippen LogP contribution in [0.15, 0.2) is 211 Å². The molecule has 3 heteroatoms. The van der Waals surface area contributed by atoms with Crippen molar-refractivity contribution >= 4 is 71.6 Å². The van der Waals surface area contributed by atoms with E-state index in [1.54, 1.807) is 0 Å². The molecule has 0 spiro atoms. The second-order valence-corrected chi connectivity index (χ2v) is 14.2. The lowest BCUT2D eigenvalue weighted by Crippen LogP contribution is -2.10. The van der Waals surface area contributed by atoms with Gasteiger partial charge in [0.2, 0.25) is 0 Å². The van der Waals surface area contributed by atoms with Crippen LogP contribution in [0.1, 0.15) is 0 Å². The molecule has 0 aliphatic heterocycles. The number of benzene rings is 9. The Hall–Kier alpha value is -7.36. The summed E-state index contributed by atoms with van der Waals surface area (Å²) in [6, 6.07) is 74.1. The van der Waals surface area contributed by atoms with E-state index >= 15 is 0 Å². The second-order valence-electron chi connectivity index (χ2n) is 14.2. The summed E-state index contributed by atoms with van der Waals surface area (Å²) >= 11 is 0. The molecule has 0 N–H and O–H groups in total. The first-order chi connectivity index (χ1) is 27.3. The van der Waals surface area contributed by atoms with Gasteiger partial charge in [-0.05, 0) is 94.4 Å². The van der Waals surface area contributed by atoms with Crippen LogP contribution in [0.25, 0.3) is 82.5 Å². The molecule has 11 aromatic rings. The van der Waals surface area contributed by atoms with Crippen LogP contribution in [-0.4, -0.2) is 4.57 Å². The number of para-hydroxylation sites is 2. The fourth-order valence-electron chi connectivity index (χ4n) is 8.37. The molecule has 0 aliphatic rings. The largest absolute Gasteiger partial charge is 0.456 e. The summed E-state index contributed by atoms with van der Waals surface area (Å²) < 4.78 is 8.65. The molecule has 0 saturated carbocycles. The highest BCUT2D eigenvalue weighted by molar-refractivity contribution is 6.11. The molecular formula is C52H34N2O. The Labute approximate surface area is 318 Å². The average molecular weight is 703 g/mol. The lowest BCUT2D eigenvalue weighted by molar-refractivity contribution is 0.669. The van der Waals surface area contributed by atoms with Crippen molar-refractivity contribution in [1.82, 2.24) is 4.57 Å². The van der Waals surface area contributed by atoms with Crippen molar-refractivity contribution in [3.63, 3.8) is 0 Å². The van der Waals surface area contributed by atoms with Crippen LogP contribution in [0.2, 0.25) is 0 Å². The Morgan fingerprint density at radius 3 is 1.85 bits per heavy atom. The van der Waals surface area contributed by atoms with Gasteiger partial charge in [-0.25, -0.2) is 0 Å². The third-order valence-electron chi connectivity index (χ3n) is 11.0. The van der Waals surface area contributed by atoms with E-state index in [9.17, 15) is 0 Å². The van der Waals surface area contributed by atoms with Crippen molar-refractivity contribution in [2.75, 3.05) is 4.90 Å². The number of nitrogens with zero attached hydrogens (tertiary/aromatic N) is 2. The maximum atomic E-state index is 6.25. The van der Waals surface area contributed by atoms with E-state index in [-0.39, 0.29) is 0 Å². The van der Waals surface area contributed by atoms with Crippen LogP contribution >= 0.6 is 0 Å². The molecule has 0 bridgehead atoms. The quantitative estimate of drug-likeness (QED) is 0.172. The van der Waals surface area contributed by atoms with Crippen molar-refractivity contribution in [2.24, 2.45) is 0 Å². The number of anilines is 3. The molecular weight excluding hydrogens is 669 g/mol. The number of rotatable bonds is 6. The number of hydrogen-bond acceptors (Lipinski definition) is 2. The van der Waals surface area contributed by atoms with E-state index in [1.807, 2.05) is 12.1 Å². The predicted octanol–water partition coefficient (Wildman–Crippen LogP) is 14.6. The monoisotopic (exact) mass is 702 g/mol. The van der Waals surface area contributed by atoms with Crippen LogP contribution in [-0.2, 0) is 0 Å². The molecule has 55 heavy (non-hydrogen) atoms. The molecule has 0 unspecified atom stereocenters. The SMILES string of the molecule is c1ccc(-c2ccc(-n3c4ccccc4c4ccc(-c5cccc(N(c6ccc7oc8ccccc8c7c6)c6cccc7ccccc67)c5)cc43)cc2)cc1. The van der Waals surface area contributed by atoms with Crippen LogP contribution in [0.5, 0.6) is 0 Å². The van der Waals surface area contributed by atoms with E-state index in [2.05, 4.69) is 204 Å². The van der Waals surface area contributed by atoms with Gasteiger partial charge in [-0.1, -0.05) is 140 Å². The third-order valence-corrected chi connectivity index (χ3v) is 11.0.